The number of carbonyl (C=O) groups excluding carboxylic acids is 2. The van der Waals surface area contributed by atoms with Crippen LogP contribution in [-0.4, -0.2) is 48.6 Å². The molecule has 0 aromatic heterocycles. The van der Waals surface area contributed by atoms with Gasteiger partial charge in [-0.3, -0.25) is 9.59 Å². The number of hydrogen-bond acceptors (Lipinski definition) is 3. The van der Waals surface area contributed by atoms with Crippen LogP contribution in [0, 0.1) is 12.0 Å². The van der Waals surface area contributed by atoms with Gasteiger partial charge in [-0.15, -0.1) is 0 Å². The first-order valence-electron chi connectivity index (χ1n) is 8.97. The maximum atomic E-state index is 13.1. The van der Waals surface area contributed by atoms with E-state index in [1.54, 1.807) is 11.9 Å². The summed E-state index contributed by atoms with van der Waals surface area (Å²) in [5.41, 5.74) is 1.08. The Morgan fingerprint density at radius 1 is 1.23 bits per heavy atom. The standard InChI is InChI=1S/C20H29N2O3.Rb/c1-13(2)17(19(23)21-14(3)4)22(5)20(24)18-16(11-12-25-18)15-9-7-6-8-10-15;/h7-10,13-14,16-18H,11-12H2,1-5H3,(H,21,23);/q-1;+1. The fraction of sp³-hybridized carbons (Fsp3) is 0.600. The van der Waals surface area contributed by atoms with E-state index in [2.05, 4.69) is 11.4 Å². The van der Waals surface area contributed by atoms with Crippen molar-refractivity contribution in [3.63, 3.8) is 0 Å². The van der Waals surface area contributed by atoms with E-state index in [0.29, 0.717) is 6.61 Å². The van der Waals surface area contributed by atoms with Gasteiger partial charge in [-0.1, -0.05) is 13.8 Å². The number of amides is 2. The van der Waals surface area contributed by atoms with Gasteiger partial charge in [0.1, 0.15) is 12.1 Å². The molecular weight excluding hydrogens is 402 g/mol. The van der Waals surface area contributed by atoms with E-state index in [-0.39, 0.29) is 87.9 Å². The molecule has 26 heavy (non-hydrogen) atoms. The molecule has 2 rings (SSSR count). The van der Waals surface area contributed by atoms with Crippen LogP contribution in [0.15, 0.2) is 24.3 Å². The first-order chi connectivity index (χ1) is 11.8. The van der Waals surface area contributed by atoms with E-state index in [1.807, 2.05) is 52.0 Å². The van der Waals surface area contributed by atoms with Crippen molar-refractivity contribution >= 4 is 11.8 Å². The zero-order valence-corrected chi connectivity index (χ0v) is 21.7. The van der Waals surface area contributed by atoms with Crippen molar-refractivity contribution in [2.45, 2.75) is 58.2 Å². The first kappa shape index (κ1) is 24.0. The van der Waals surface area contributed by atoms with E-state index < -0.39 is 12.1 Å². The van der Waals surface area contributed by atoms with E-state index in [1.165, 1.54) is 0 Å². The minimum Gasteiger partial charge on any atom is -0.368 e. The SMILES string of the molecule is CC(C)NC(=O)C(C(C)C)N(C)C(=O)C1OCCC1c1cc[c-]cc1.[Rb+]. The summed E-state index contributed by atoms with van der Waals surface area (Å²) in [6.45, 7) is 8.29. The molecule has 5 nitrogen and oxygen atoms in total. The van der Waals surface area contributed by atoms with Gasteiger partial charge in [0.25, 0.3) is 5.91 Å². The average molecular weight is 431 g/mol. The predicted octanol–water partition coefficient (Wildman–Crippen LogP) is -0.629. The number of nitrogens with one attached hydrogen (secondary N) is 1. The molecule has 0 saturated carbocycles. The molecule has 3 atom stereocenters. The van der Waals surface area contributed by atoms with Gasteiger partial charge < -0.3 is 15.0 Å². The topological polar surface area (TPSA) is 58.6 Å². The van der Waals surface area contributed by atoms with Gasteiger partial charge in [0.05, 0.1) is 0 Å². The number of likely N-dealkylation sites (N-methyl/N-ethyl adjacent to an activating group) is 1. The van der Waals surface area contributed by atoms with Crippen molar-refractivity contribution in [2.24, 2.45) is 5.92 Å². The van der Waals surface area contributed by atoms with Crippen LogP contribution in [0.3, 0.4) is 0 Å². The van der Waals surface area contributed by atoms with Crippen molar-refractivity contribution in [1.82, 2.24) is 10.2 Å². The second-order valence-corrected chi connectivity index (χ2v) is 7.32. The molecule has 0 bridgehead atoms. The Morgan fingerprint density at radius 2 is 1.85 bits per heavy atom. The summed E-state index contributed by atoms with van der Waals surface area (Å²) in [6.07, 6.45) is 0.263. The van der Waals surface area contributed by atoms with Crippen molar-refractivity contribution in [1.29, 1.82) is 0 Å². The summed E-state index contributed by atoms with van der Waals surface area (Å²) in [4.78, 5) is 27.2. The molecule has 0 radical (unpaired) electrons. The van der Waals surface area contributed by atoms with Crippen LogP contribution >= 0.6 is 0 Å². The Bertz CT molecular complexity index is 592. The Hall–Kier alpha value is -0.0748. The molecule has 1 saturated heterocycles. The second kappa shape index (κ2) is 11.1. The van der Waals surface area contributed by atoms with Gasteiger partial charge in [0.2, 0.25) is 5.91 Å². The number of benzene rings is 1. The molecule has 138 valence electrons. The van der Waals surface area contributed by atoms with Gasteiger partial charge in [0.15, 0.2) is 0 Å². The Morgan fingerprint density at radius 3 is 2.38 bits per heavy atom. The summed E-state index contributed by atoms with van der Waals surface area (Å²) >= 11 is 0. The Balaban J connectivity index is 0.00000338. The minimum atomic E-state index is -0.541. The fourth-order valence-electron chi connectivity index (χ4n) is 3.45. The summed E-state index contributed by atoms with van der Waals surface area (Å²) in [5, 5.41) is 2.92. The molecular formula is C20H29N2O3Rb. The molecule has 1 fully saturated rings. The van der Waals surface area contributed by atoms with Crippen LogP contribution in [0.25, 0.3) is 0 Å². The van der Waals surface area contributed by atoms with Crippen LogP contribution in [0.2, 0.25) is 0 Å². The number of nitrogens with zero attached hydrogens (tertiary/aromatic N) is 1. The zero-order chi connectivity index (χ0) is 18.6. The molecule has 1 aromatic rings. The van der Waals surface area contributed by atoms with Crippen molar-refractivity contribution in [3.05, 3.63) is 35.9 Å². The van der Waals surface area contributed by atoms with Gasteiger partial charge in [-0.05, 0) is 32.1 Å². The van der Waals surface area contributed by atoms with Crippen LogP contribution < -0.4 is 63.5 Å². The maximum absolute atomic E-state index is 13.1. The van der Waals surface area contributed by atoms with Crippen molar-refractivity contribution in [3.8, 4) is 0 Å². The van der Waals surface area contributed by atoms with Crippen molar-refractivity contribution < 1.29 is 72.5 Å². The first-order valence-corrected chi connectivity index (χ1v) is 8.97. The van der Waals surface area contributed by atoms with Crippen LogP contribution in [-0.2, 0) is 14.3 Å². The van der Waals surface area contributed by atoms with E-state index in [4.69, 9.17) is 4.74 Å². The molecule has 1 N–H and O–H groups in total. The molecule has 1 aliphatic heterocycles. The molecule has 0 aliphatic carbocycles. The molecule has 1 aromatic carbocycles. The Kier molecular flexibility index (Phi) is 10.2. The van der Waals surface area contributed by atoms with E-state index in [9.17, 15) is 9.59 Å². The summed E-state index contributed by atoms with van der Waals surface area (Å²) in [6, 6.07) is 10.2. The van der Waals surface area contributed by atoms with Gasteiger partial charge >= 0.3 is 58.2 Å². The fourth-order valence-corrected chi connectivity index (χ4v) is 3.45. The zero-order valence-electron chi connectivity index (χ0n) is 16.8. The Labute approximate surface area is 206 Å². The normalized spacial score (nSPS) is 20.6. The molecule has 6 heteroatoms. The van der Waals surface area contributed by atoms with Gasteiger partial charge in [-0.2, -0.15) is 35.9 Å². The largest absolute Gasteiger partial charge is 1.00 e. The van der Waals surface area contributed by atoms with Crippen LogP contribution in [0.1, 0.15) is 45.6 Å². The van der Waals surface area contributed by atoms with Crippen molar-refractivity contribution in [2.75, 3.05) is 13.7 Å². The van der Waals surface area contributed by atoms with Gasteiger partial charge in [0, 0.05) is 19.7 Å². The van der Waals surface area contributed by atoms with Crippen LogP contribution in [0.5, 0.6) is 0 Å². The third kappa shape index (κ3) is 5.96. The summed E-state index contributed by atoms with van der Waals surface area (Å²) in [5.74, 6) is -0.220. The average Bonchev–Trinajstić information content (AvgIpc) is 3.03. The number of rotatable bonds is 6. The number of carbonyl (C=O) groups is 2. The monoisotopic (exact) mass is 430 g/mol. The molecule has 0 spiro atoms. The summed E-state index contributed by atoms with van der Waals surface area (Å²) in [7, 11) is 1.70. The third-order valence-corrected chi connectivity index (χ3v) is 4.60. The molecule has 1 heterocycles. The van der Waals surface area contributed by atoms with E-state index in [0.717, 1.165) is 12.0 Å². The molecule has 1 aliphatic rings. The van der Waals surface area contributed by atoms with Crippen LogP contribution in [0.4, 0.5) is 0 Å². The molecule has 3 unspecified atom stereocenters. The summed E-state index contributed by atoms with van der Waals surface area (Å²) < 4.78 is 5.76. The molecule has 2 amide bonds. The third-order valence-electron chi connectivity index (χ3n) is 4.60. The number of ether oxygens (including phenoxy) is 1. The smallest absolute Gasteiger partial charge is 0.368 e. The van der Waals surface area contributed by atoms with Gasteiger partial charge in [-0.25, -0.2) is 0 Å². The minimum absolute atomic E-state index is 0. The quantitative estimate of drug-likeness (QED) is 0.611. The number of hydrogen-bond donors (Lipinski definition) is 1. The van der Waals surface area contributed by atoms with E-state index >= 15 is 0 Å². The predicted molar refractivity (Wildman–Crippen MR) is 97.1 cm³/mol. The second-order valence-electron chi connectivity index (χ2n) is 7.32. The maximum Gasteiger partial charge on any atom is 1.00 e.